The number of hydrogen-bond acceptors (Lipinski definition) is 5. The van der Waals surface area contributed by atoms with Crippen molar-refractivity contribution < 1.29 is 4.79 Å². The van der Waals surface area contributed by atoms with Gasteiger partial charge in [-0.2, -0.15) is 4.98 Å². The molecule has 1 aromatic rings. The standard InChI is InChI=1S/C11H17N5O/c1-12-11-14-6-4-9(16-11)13-7-5-10(17)15-8-2-3-8/h4,6,8H,2-3,5,7H2,1H3,(H,15,17)(H2,12,13,14,16). The van der Waals surface area contributed by atoms with Gasteiger partial charge in [-0.15, -0.1) is 0 Å². The first-order chi connectivity index (χ1) is 8.28. The Morgan fingerprint density at radius 2 is 2.35 bits per heavy atom. The number of hydrogen-bond donors (Lipinski definition) is 3. The summed E-state index contributed by atoms with van der Waals surface area (Å²) in [6.07, 6.45) is 4.38. The van der Waals surface area contributed by atoms with E-state index in [-0.39, 0.29) is 5.91 Å². The minimum Gasteiger partial charge on any atom is -0.369 e. The number of anilines is 2. The first-order valence-electron chi connectivity index (χ1n) is 5.82. The highest BCUT2D eigenvalue weighted by atomic mass is 16.1. The van der Waals surface area contributed by atoms with Crippen LogP contribution >= 0.6 is 0 Å². The lowest BCUT2D eigenvalue weighted by Gasteiger charge is -2.06. The molecule has 6 heteroatoms. The van der Waals surface area contributed by atoms with Gasteiger partial charge in [0.1, 0.15) is 5.82 Å². The summed E-state index contributed by atoms with van der Waals surface area (Å²) < 4.78 is 0. The van der Waals surface area contributed by atoms with Gasteiger partial charge in [-0.05, 0) is 18.9 Å². The van der Waals surface area contributed by atoms with E-state index in [4.69, 9.17) is 0 Å². The van der Waals surface area contributed by atoms with Crippen molar-refractivity contribution in [3.05, 3.63) is 12.3 Å². The minimum atomic E-state index is 0.0999. The highest BCUT2D eigenvalue weighted by Crippen LogP contribution is 2.18. The SMILES string of the molecule is CNc1nccc(NCCC(=O)NC2CC2)n1. The van der Waals surface area contributed by atoms with Crippen LogP contribution in [-0.2, 0) is 4.79 Å². The smallest absolute Gasteiger partial charge is 0.224 e. The van der Waals surface area contributed by atoms with Crippen molar-refractivity contribution >= 4 is 17.7 Å². The number of amides is 1. The fourth-order valence-electron chi connectivity index (χ4n) is 1.41. The van der Waals surface area contributed by atoms with Gasteiger partial charge in [0.2, 0.25) is 11.9 Å². The Labute approximate surface area is 100 Å². The van der Waals surface area contributed by atoms with Crippen LogP contribution in [0.2, 0.25) is 0 Å². The Morgan fingerprint density at radius 3 is 3.06 bits per heavy atom. The third kappa shape index (κ3) is 3.90. The number of nitrogens with one attached hydrogen (secondary N) is 3. The van der Waals surface area contributed by atoms with Crippen molar-refractivity contribution in [2.45, 2.75) is 25.3 Å². The summed E-state index contributed by atoms with van der Waals surface area (Å²) in [5.41, 5.74) is 0. The van der Waals surface area contributed by atoms with Crippen molar-refractivity contribution in [1.29, 1.82) is 0 Å². The number of nitrogens with zero attached hydrogens (tertiary/aromatic N) is 2. The van der Waals surface area contributed by atoms with Crippen LogP contribution in [-0.4, -0.2) is 35.5 Å². The summed E-state index contributed by atoms with van der Waals surface area (Å²) in [5.74, 6) is 1.39. The third-order valence-electron chi connectivity index (χ3n) is 2.48. The monoisotopic (exact) mass is 235 g/mol. The van der Waals surface area contributed by atoms with Gasteiger partial charge in [0.15, 0.2) is 0 Å². The van der Waals surface area contributed by atoms with E-state index in [1.165, 1.54) is 0 Å². The second-order valence-corrected chi connectivity index (χ2v) is 4.03. The molecule has 0 saturated heterocycles. The van der Waals surface area contributed by atoms with Gasteiger partial charge >= 0.3 is 0 Å². The zero-order valence-electron chi connectivity index (χ0n) is 9.86. The first-order valence-corrected chi connectivity index (χ1v) is 5.82. The molecule has 17 heavy (non-hydrogen) atoms. The molecular weight excluding hydrogens is 218 g/mol. The summed E-state index contributed by atoms with van der Waals surface area (Å²) in [5, 5.41) is 8.89. The van der Waals surface area contributed by atoms with E-state index >= 15 is 0 Å². The molecule has 1 aliphatic carbocycles. The summed E-state index contributed by atoms with van der Waals surface area (Å²) >= 11 is 0. The molecule has 2 rings (SSSR count). The minimum absolute atomic E-state index is 0.0999. The molecule has 1 amide bonds. The van der Waals surface area contributed by atoms with Crippen LogP contribution in [0.15, 0.2) is 12.3 Å². The Hall–Kier alpha value is -1.85. The Kier molecular flexibility index (Phi) is 3.74. The van der Waals surface area contributed by atoms with Gasteiger partial charge in [-0.25, -0.2) is 4.98 Å². The zero-order chi connectivity index (χ0) is 12.1. The lowest BCUT2D eigenvalue weighted by molar-refractivity contribution is -0.120. The molecule has 0 bridgehead atoms. The van der Waals surface area contributed by atoms with Crippen LogP contribution in [0.25, 0.3) is 0 Å². The van der Waals surface area contributed by atoms with Crippen molar-refractivity contribution in [3.8, 4) is 0 Å². The summed E-state index contributed by atoms with van der Waals surface area (Å²) in [7, 11) is 1.77. The number of carbonyl (C=O) groups is 1. The molecule has 3 N–H and O–H groups in total. The molecule has 92 valence electrons. The van der Waals surface area contributed by atoms with Crippen LogP contribution < -0.4 is 16.0 Å². The Bertz CT molecular complexity index is 391. The molecule has 1 aromatic heterocycles. The van der Waals surface area contributed by atoms with Crippen LogP contribution in [0.1, 0.15) is 19.3 Å². The molecule has 1 saturated carbocycles. The van der Waals surface area contributed by atoms with Gasteiger partial charge < -0.3 is 16.0 Å². The van der Waals surface area contributed by atoms with Gasteiger partial charge in [0.05, 0.1) is 0 Å². The van der Waals surface area contributed by atoms with Crippen molar-refractivity contribution in [1.82, 2.24) is 15.3 Å². The van der Waals surface area contributed by atoms with E-state index in [0.29, 0.717) is 25.0 Å². The van der Waals surface area contributed by atoms with E-state index in [1.807, 2.05) is 0 Å². The van der Waals surface area contributed by atoms with E-state index in [2.05, 4.69) is 25.9 Å². The highest BCUT2D eigenvalue weighted by molar-refractivity contribution is 5.77. The lowest BCUT2D eigenvalue weighted by Crippen LogP contribution is -2.27. The summed E-state index contributed by atoms with van der Waals surface area (Å²) in [4.78, 5) is 19.6. The van der Waals surface area contributed by atoms with Crippen LogP contribution in [0, 0.1) is 0 Å². The number of carbonyl (C=O) groups excluding carboxylic acids is 1. The number of rotatable bonds is 6. The van der Waals surface area contributed by atoms with E-state index in [0.717, 1.165) is 18.7 Å². The van der Waals surface area contributed by atoms with Crippen molar-refractivity contribution in [2.75, 3.05) is 24.2 Å². The van der Waals surface area contributed by atoms with Crippen LogP contribution in [0.4, 0.5) is 11.8 Å². The Morgan fingerprint density at radius 1 is 1.53 bits per heavy atom. The summed E-state index contributed by atoms with van der Waals surface area (Å²) in [6.45, 7) is 0.582. The molecule has 0 spiro atoms. The predicted octanol–water partition coefficient (Wildman–Crippen LogP) is 0.599. The average Bonchev–Trinajstić information content (AvgIpc) is 3.13. The molecule has 0 aromatic carbocycles. The van der Waals surface area contributed by atoms with E-state index in [1.54, 1.807) is 19.3 Å². The van der Waals surface area contributed by atoms with Gasteiger partial charge in [-0.3, -0.25) is 4.79 Å². The molecule has 0 atom stereocenters. The highest BCUT2D eigenvalue weighted by Gasteiger charge is 2.22. The van der Waals surface area contributed by atoms with Crippen molar-refractivity contribution in [3.63, 3.8) is 0 Å². The fraction of sp³-hybridized carbons (Fsp3) is 0.545. The third-order valence-corrected chi connectivity index (χ3v) is 2.48. The zero-order valence-corrected chi connectivity index (χ0v) is 9.86. The quantitative estimate of drug-likeness (QED) is 0.673. The molecule has 6 nitrogen and oxygen atoms in total. The molecule has 1 heterocycles. The molecule has 0 aliphatic heterocycles. The maximum Gasteiger partial charge on any atom is 0.224 e. The fourth-order valence-corrected chi connectivity index (χ4v) is 1.41. The van der Waals surface area contributed by atoms with Crippen molar-refractivity contribution in [2.24, 2.45) is 0 Å². The molecule has 0 radical (unpaired) electrons. The molecule has 1 aliphatic rings. The maximum atomic E-state index is 11.4. The second kappa shape index (κ2) is 5.47. The van der Waals surface area contributed by atoms with Crippen LogP contribution in [0.3, 0.4) is 0 Å². The topological polar surface area (TPSA) is 78.9 Å². The van der Waals surface area contributed by atoms with Gasteiger partial charge in [0, 0.05) is 32.3 Å². The van der Waals surface area contributed by atoms with Gasteiger partial charge in [-0.1, -0.05) is 0 Å². The van der Waals surface area contributed by atoms with E-state index in [9.17, 15) is 4.79 Å². The van der Waals surface area contributed by atoms with Crippen LogP contribution in [0.5, 0.6) is 0 Å². The summed E-state index contributed by atoms with van der Waals surface area (Å²) in [6, 6.07) is 2.21. The number of aromatic nitrogens is 2. The predicted molar refractivity (Wildman–Crippen MR) is 65.9 cm³/mol. The Balaban J connectivity index is 1.71. The second-order valence-electron chi connectivity index (χ2n) is 4.03. The molecule has 1 fully saturated rings. The van der Waals surface area contributed by atoms with Gasteiger partial charge in [0.25, 0.3) is 0 Å². The van der Waals surface area contributed by atoms with E-state index < -0.39 is 0 Å². The average molecular weight is 235 g/mol. The maximum absolute atomic E-state index is 11.4. The largest absolute Gasteiger partial charge is 0.369 e. The first kappa shape index (κ1) is 11.6. The molecular formula is C11H17N5O. The molecule has 0 unspecified atom stereocenters. The lowest BCUT2D eigenvalue weighted by atomic mass is 10.4. The normalized spacial score (nSPS) is 14.2.